The lowest BCUT2D eigenvalue weighted by Crippen LogP contribution is -2.27. The molecule has 1 fully saturated rings. The van der Waals surface area contributed by atoms with Gasteiger partial charge < -0.3 is 10.2 Å². The van der Waals surface area contributed by atoms with Crippen LogP contribution in [0.3, 0.4) is 0 Å². The van der Waals surface area contributed by atoms with Gasteiger partial charge in [0.25, 0.3) is 5.92 Å². The maximum absolute atomic E-state index is 13.3. The molecule has 0 unspecified atom stereocenters. The van der Waals surface area contributed by atoms with Crippen LogP contribution < -0.4 is 10.2 Å². The van der Waals surface area contributed by atoms with Gasteiger partial charge in [0.05, 0.1) is 12.1 Å². The Morgan fingerprint density at radius 3 is 2.52 bits per heavy atom. The van der Waals surface area contributed by atoms with Crippen LogP contribution in [0.15, 0.2) is 18.2 Å². The first kappa shape index (κ1) is 16.0. The maximum Gasteiger partial charge on any atom is 0.416 e. The molecular weight excluding hydrogens is 291 g/mol. The maximum atomic E-state index is 13.3. The van der Waals surface area contributed by atoms with Gasteiger partial charge in [0.2, 0.25) is 0 Å². The van der Waals surface area contributed by atoms with Crippen LogP contribution in [0, 0.1) is 0 Å². The quantitative estimate of drug-likeness (QED) is 0.854. The molecule has 0 radical (unpaired) electrons. The lowest BCUT2D eigenvalue weighted by Gasteiger charge is -2.23. The van der Waals surface area contributed by atoms with Gasteiger partial charge in [0.15, 0.2) is 0 Å². The summed E-state index contributed by atoms with van der Waals surface area (Å²) in [6.07, 6.45) is -4.81. The van der Waals surface area contributed by atoms with Crippen LogP contribution in [0.25, 0.3) is 0 Å². The average Bonchev–Trinajstić information content (AvgIpc) is 2.75. The number of alkyl halides is 5. The molecule has 1 aromatic rings. The summed E-state index contributed by atoms with van der Waals surface area (Å²) in [7, 11) is 0. The van der Waals surface area contributed by atoms with Gasteiger partial charge in [-0.1, -0.05) is 13.0 Å². The second kappa shape index (κ2) is 5.79. The normalized spacial score (nSPS) is 18.3. The topological polar surface area (TPSA) is 15.3 Å². The van der Waals surface area contributed by atoms with Crippen LogP contribution in [0.2, 0.25) is 0 Å². The molecule has 2 rings (SSSR count). The molecule has 0 aliphatic carbocycles. The molecule has 118 valence electrons. The standard InChI is InChI=1S/C14H17F5N2/c1-2-20-8-10-3-4-11(14(17,18)19)7-12(10)21-6-5-13(15,16)9-21/h3-4,7,20H,2,5-6,8-9H2,1H3. The van der Waals surface area contributed by atoms with Crippen LogP contribution in [0.5, 0.6) is 0 Å². The molecule has 1 saturated heterocycles. The van der Waals surface area contributed by atoms with Crippen molar-refractivity contribution in [1.29, 1.82) is 0 Å². The highest BCUT2D eigenvalue weighted by molar-refractivity contribution is 5.57. The zero-order chi connectivity index (χ0) is 15.7. The Kier molecular flexibility index (Phi) is 4.41. The van der Waals surface area contributed by atoms with E-state index in [-0.39, 0.29) is 18.7 Å². The van der Waals surface area contributed by atoms with Crippen molar-refractivity contribution in [2.45, 2.75) is 32.0 Å². The summed E-state index contributed by atoms with van der Waals surface area (Å²) in [5.74, 6) is -2.84. The summed E-state index contributed by atoms with van der Waals surface area (Å²) in [6, 6.07) is 3.32. The van der Waals surface area contributed by atoms with Crippen molar-refractivity contribution in [3.63, 3.8) is 0 Å². The molecule has 2 nitrogen and oxygen atoms in total. The van der Waals surface area contributed by atoms with E-state index >= 15 is 0 Å². The minimum absolute atomic E-state index is 0.0629. The van der Waals surface area contributed by atoms with Crippen molar-refractivity contribution in [3.05, 3.63) is 29.3 Å². The summed E-state index contributed by atoms with van der Waals surface area (Å²) in [5, 5.41) is 3.01. The third kappa shape index (κ3) is 3.84. The highest BCUT2D eigenvalue weighted by atomic mass is 19.4. The average molecular weight is 308 g/mol. The van der Waals surface area contributed by atoms with E-state index in [1.54, 1.807) is 0 Å². The molecule has 0 spiro atoms. The van der Waals surface area contributed by atoms with Crippen molar-refractivity contribution in [1.82, 2.24) is 5.32 Å². The van der Waals surface area contributed by atoms with Crippen molar-refractivity contribution in [3.8, 4) is 0 Å². The van der Waals surface area contributed by atoms with E-state index in [4.69, 9.17) is 0 Å². The molecule has 0 aromatic heterocycles. The Morgan fingerprint density at radius 2 is 2.00 bits per heavy atom. The first-order valence-corrected chi connectivity index (χ1v) is 6.76. The minimum atomic E-state index is -4.48. The van der Waals surface area contributed by atoms with Crippen LogP contribution >= 0.6 is 0 Å². The Hall–Kier alpha value is -1.37. The Bertz CT molecular complexity index is 499. The highest BCUT2D eigenvalue weighted by Gasteiger charge is 2.39. The van der Waals surface area contributed by atoms with E-state index < -0.39 is 24.2 Å². The minimum Gasteiger partial charge on any atom is -0.365 e. The second-order valence-electron chi connectivity index (χ2n) is 5.15. The summed E-state index contributed by atoms with van der Waals surface area (Å²) in [6.45, 7) is 2.40. The molecule has 1 aliphatic rings. The van der Waals surface area contributed by atoms with Gasteiger partial charge in [-0.25, -0.2) is 8.78 Å². The second-order valence-corrected chi connectivity index (χ2v) is 5.15. The Labute approximate surface area is 119 Å². The van der Waals surface area contributed by atoms with Gasteiger partial charge in [-0.2, -0.15) is 13.2 Å². The number of nitrogens with one attached hydrogen (secondary N) is 1. The van der Waals surface area contributed by atoms with Crippen LogP contribution in [0.4, 0.5) is 27.6 Å². The van der Waals surface area contributed by atoms with E-state index in [1.165, 1.54) is 11.0 Å². The first-order chi connectivity index (χ1) is 9.73. The molecule has 1 aliphatic heterocycles. The molecule has 21 heavy (non-hydrogen) atoms. The molecule has 0 bridgehead atoms. The Morgan fingerprint density at radius 1 is 1.29 bits per heavy atom. The van der Waals surface area contributed by atoms with Gasteiger partial charge in [0.1, 0.15) is 0 Å². The molecule has 0 amide bonds. The van der Waals surface area contributed by atoms with Gasteiger partial charge in [-0.15, -0.1) is 0 Å². The van der Waals surface area contributed by atoms with E-state index in [0.717, 1.165) is 12.1 Å². The highest BCUT2D eigenvalue weighted by Crippen LogP contribution is 2.37. The number of benzene rings is 1. The van der Waals surface area contributed by atoms with E-state index in [1.807, 2.05) is 6.92 Å². The third-order valence-electron chi connectivity index (χ3n) is 3.49. The van der Waals surface area contributed by atoms with E-state index in [0.29, 0.717) is 18.7 Å². The number of hydrogen-bond acceptors (Lipinski definition) is 2. The van der Waals surface area contributed by atoms with Gasteiger partial charge in [-0.3, -0.25) is 0 Å². The first-order valence-electron chi connectivity index (χ1n) is 6.76. The number of halogens is 5. The molecule has 7 heteroatoms. The van der Waals surface area contributed by atoms with E-state index in [9.17, 15) is 22.0 Å². The number of hydrogen-bond donors (Lipinski definition) is 1. The van der Waals surface area contributed by atoms with Gasteiger partial charge in [0, 0.05) is 25.2 Å². The molecule has 1 aromatic carbocycles. The zero-order valence-corrected chi connectivity index (χ0v) is 11.6. The number of rotatable bonds is 4. The monoisotopic (exact) mass is 308 g/mol. The summed E-state index contributed by atoms with van der Waals surface area (Å²) in [5.41, 5.74) is 0.0264. The van der Waals surface area contributed by atoms with Gasteiger partial charge >= 0.3 is 6.18 Å². The zero-order valence-electron chi connectivity index (χ0n) is 11.6. The molecule has 1 heterocycles. The van der Waals surface area contributed by atoms with Crippen molar-refractivity contribution in [2.75, 3.05) is 24.5 Å². The van der Waals surface area contributed by atoms with Gasteiger partial charge in [-0.05, 0) is 24.2 Å². The summed E-state index contributed by atoms with van der Waals surface area (Å²) < 4.78 is 65.1. The van der Waals surface area contributed by atoms with Crippen molar-refractivity contribution < 1.29 is 22.0 Å². The predicted molar refractivity (Wildman–Crippen MR) is 70.6 cm³/mol. The Balaban J connectivity index is 2.34. The molecule has 1 N–H and O–H groups in total. The van der Waals surface area contributed by atoms with Crippen LogP contribution in [-0.2, 0) is 12.7 Å². The molecule has 0 atom stereocenters. The SMILES string of the molecule is CCNCc1ccc(C(F)(F)F)cc1N1CCC(F)(F)C1. The largest absolute Gasteiger partial charge is 0.416 e. The number of nitrogens with zero attached hydrogens (tertiary/aromatic N) is 1. The fraction of sp³-hybridized carbons (Fsp3) is 0.571. The fourth-order valence-electron chi connectivity index (χ4n) is 2.39. The lowest BCUT2D eigenvalue weighted by molar-refractivity contribution is -0.137. The third-order valence-corrected chi connectivity index (χ3v) is 3.49. The van der Waals surface area contributed by atoms with E-state index in [2.05, 4.69) is 5.32 Å². The van der Waals surface area contributed by atoms with Crippen LogP contribution in [0.1, 0.15) is 24.5 Å². The summed E-state index contributed by atoms with van der Waals surface area (Å²) >= 11 is 0. The van der Waals surface area contributed by atoms with Crippen LogP contribution in [-0.4, -0.2) is 25.6 Å². The molecular formula is C14H17F5N2. The predicted octanol–water partition coefficient (Wildman–Crippen LogP) is 3.66. The van der Waals surface area contributed by atoms with Crippen molar-refractivity contribution in [2.24, 2.45) is 0 Å². The summed E-state index contributed by atoms with van der Waals surface area (Å²) in [4.78, 5) is 1.34. The lowest BCUT2D eigenvalue weighted by atomic mass is 10.1. The fourth-order valence-corrected chi connectivity index (χ4v) is 2.39. The smallest absolute Gasteiger partial charge is 0.365 e. The number of anilines is 1. The molecule has 0 saturated carbocycles. The van der Waals surface area contributed by atoms with Crippen molar-refractivity contribution >= 4 is 5.69 Å².